The molecule has 0 spiro atoms. The summed E-state index contributed by atoms with van der Waals surface area (Å²) in [6.45, 7) is 4.42. The summed E-state index contributed by atoms with van der Waals surface area (Å²) < 4.78 is 22.3. The largest absolute Gasteiger partial charge is 0.493 e. The number of pyridine rings is 1. The van der Waals surface area contributed by atoms with Crippen LogP contribution in [-0.4, -0.2) is 40.5 Å². The van der Waals surface area contributed by atoms with Crippen LogP contribution in [0.5, 0.6) is 5.75 Å². The Labute approximate surface area is 220 Å². The van der Waals surface area contributed by atoms with Gasteiger partial charge in [-0.2, -0.15) is 0 Å². The normalized spacial score (nSPS) is 12.0. The van der Waals surface area contributed by atoms with Gasteiger partial charge < -0.3 is 25.3 Å². The molecule has 7 nitrogen and oxygen atoms in total. The predicted molar refractivity (Wildman–Crippen MR) is 141 cm³/mol. The lowest BCUT2D eigenvalue weighted by atomic mass is 9.98. The van der Waals surface area contributed by atoms with Crippen LogP contribution in [0.15, 0.2) is 41.3 Å². The Morgan fingerprint density at radius 3 is 2.56 bits per heavy atom. The lowest BCUT2D eigenvalue weighted by Gasteiger charge is -2.25. The zero-order valence-electron chi connectivity index (χ0n) is 20.2. The molecule has 10 heteroatoms. The van der Waals surface area contributed by atoms with Crippen LogP contribution < -0.4 is 15.9 Å². The number of nitrogens with two attached hydrogens (primary N) is 1. The number of carboxylic acids is 1. The highest BCUT2D eigenvalue weighted by Gasteiger charge is 2.23. The minimum absolute atomic E-state index is 0. The number of unbranched alkanes of at least 4 members (excludes halogenated alkanes) is 1. The molecule has 1 aromatic heterocycles. The molecule has 4 N–H and O–H groups in total. The summed E-state index contributed by atoms with van der Waals surface area (Å²) in [5.41, 5.74) is 5.77. The summed E-state index contributed by atoms with van der Waals surface area (Å²) in [6.07, 6.45) is 2.81. The van der Waals surface area contributed by atoms with Crippen molar-refractivity contribution >= 4 is 40.9 Å². The first-order valence-electron chi connectivity index (χ1n) is 11.5. The maximum atomic E-state index is 14.7. The van der Waals surface area contributed by atoms with Crippen molar-refractivity contribution in [3.8, 4) is 5.75 Å². The summed E-state index contributed by atoms with van der Waals surface area (Å²) in [6, 6.07) is 7.41. The van der Waals surface area contributed by atoms with E-state index >= 15 is 0 Å². The number of benzene rings is 2. The fourth-order valence-corrected chi connectivity index (χ4v) is 4.25. The predicted octanol–water partition coefficient (Wildman–Crippen LogP) is 4.81. The highest BCUT2D eigenvalue weighted by Crippen LogP contribution is 2.32. The van der Waals surface area contributed by atoms with Gasteiger partial charge in [-0.25, -0.2) is 9.18 Å². The van der Waals surface area contributed by atoms with Crippen molar-refractivity contribution in [3.63, 3.8) is 0 Å². The molecule has 2 aromatic carbocycles. The van der Waals surface area contributed by atoms with E-state index in [1.54, 1.807) is 28.8 Å². The highest BCUT2D eigenvalue weighted by atomic mass is 35.5. The van der Waals surface area contributed by atoms with Crippen molar-refractivity contribution in [2.75, 3.05) is 19.8 Å². The molecule has 0 amide bonds. The standard InChI is InChI=1S/C26H30ClFN2O5.ClH/c1-15(2)22(14-31)30-13-19(26(33)34)25(32)18-11-17(10-16-6-5-7-20(27)24(16)28)23(12-21(18)30)35-9-4-3-8-29;/h5-7,11-13,15,22,31H,3-4,8-10,14,29H2,1-2H3,(H,33,34);1H/t22-;/m1./s1. The molecule has 0 bridgehead atoms. The first-order chi connectivity index (χ1) is 16.7. The molecule has 1 heterocycles. The number of hydrogen-bond acceptors (Lipinski definition) is 5. The van der Waals surface area contributed by atoms with Gasteiger partial charge in [0.05, 0.1) is 29.8 Å². The zero-order chi connectivity index (χ0) is 25.7. The molecule has 0 aliphatic carbocycles. The maximum absolute atomic E-state index is 14.7. The van der Waals surface area contributed by atoms with Crippen molar-refractivity contribution in [1.29, 1.82) is 0 Å². The van der Waals surface area contributed by atoms with Crippen LogP contribution in [0.3, 0.4) is 0 Å². The van der Waals surface area contributed by atoms with E-state index in [4.69, 9.17) is 22.1 Å². The van der Waals surface area contributed by atoms with Crippen LogP contribution in [0.1, 0.15) is 54.2 Å². The second-order valence-corrected chi connectivity index (χ2v) is 9.20. The van der Waals surface area contributed by atoms with Gasteiger partial charge in [-0.15, -0.1) is 12.4 Å². The molecule has 0 aliphatic rings. The van der Waals surface area contributed by atoms with Crippen LogP contribution in [0, 0.1) is 11.7 Å². The topological polar surface area (TPSA) is 115 Å². The maximum Gasteiger partial charge on any atom is 0.341 e. The van der Waals surface area contributed by atoms with Crippen molar-refractivity contribution in [3.05, 3.63) is 74.3 Å². The molecule has 0 aliphatic heterocycles. The Balaban J connectivity index is 0.00000456. The smallest absolute Gasteiger partial charge is 0.341 e. The first kappa shape index (κ1) is 29.6. The Hall–Kier alpha value is -2.65. The molecule has 0 unspecified atom stereocenters. The van der Waals surface area contributed by atoms with Gasteiger partial charge in [-0.3, -0.25) is 4.79 Å². The number of aromatic carboxylic acids is 1. The van der Waals surface area contributed by atoms with Crippen LogP contribution in [-0.2, 0) is 6.42 Å². The molecule has 3 aromatic rings. The number of ether oxygens (including phenoxy) is 1. The molecular formula is C26H31Cl2FN2O5. The second kappa shape index (κ2) is 13.1. The van der Waals surface area contributed by atoms with Crippen LogP contribution in [0.4, 0.5) is 4.39 Å². The average molecular weight is 541 g/mol. The third kappa shape index (κ3) is 6.37. The number of aliphatic hydroxyl groups is 1. The average Bonchev–Trinajstić information content (AvgIpc) is 2.81. The van der Waals surface area contributed by atoms with Gasteiger partial charge in [0, 0.05) is 24.1 Å². The monoisotopic (exact) mass is 540 g/mol. The molecule has 196 valence electrons. The summed E-state index contributed by atoms with van der Waals surface area (Å²) in [7, 11) is 0. The molecule has 0 radical (unpaired) electrons. The van der Waals surface area contributed by atoms with Gasteiger partial charge in [0.15, 0.2) is 0 Å². The van der Waals surface area contributed by atoms with Crippen molar-refractivity contribution in [2.24, 2.45) is 11.7 Å². The van der Waals surface area contributed by atoms with E-state index in [1.165, 1.54) is 12.3 Å². The number of aromatic nitrogens is 1. The minimum atomic E-state index is -1.37. The van der Waals surface area contributed by atoms with E-state index in [0.29, 0.717) is 42.0 Å². The number of hydrogen-bond donors (Lipinski definition) is 3. The quantitative estimate of drug-likeness (QED) is 0.300. The zero-order valence-corrected chi connectivity index (χ0v) is 21.7. The van der Waals surface area contributed by atoms with E-state index in [9.17, 15) is 24.2 Å². The van der Waals surface area contributed by atoms with E-state index in [1.807, 2.05) is 13.8 Å². The van der Waals surface area contributed by atoms with Crippen LogP contribution >= 0.6 is 24.0 Å². The van der Waals surface area contributed by atoms with E-state index in [-0.39, 0.29) is 41.8 Å². The van der Waals surface area contributed by atoms with Crippen LogP contribution in [0.25, 0.3) is 10.9 Å². The van der Waals surface area contributed by atoms with E-state index < -0.39 is 28.8 Å². The molecule has 36 heavy (non-hydrogen) atoms. The molecule has 0 saturated carbocycles. The number of fused-ring (bicyclic) bond motifs is 1. The molecule has 3 rings (SSSR count). The summed E-state index contributed by atoms with van der Waals surface area (Å²) in [5.74, 6) is -1.55. The lowest BCUT2D eigenvalue weighted by molar-refractivity contribution is 0.0694. The summed E-state index contributed by atoms with van der Waals surface area (Å²) >= 11 is 5.95. The highest BCUT2D eigenvalue weighted by molar-refractivity contribution is 6.30. The van der Waals surface area contributed by atoms with E-state index in [0.717, 1.165) is 6.42 Å². The second-order valence-electron chi connectivity index (χ2n) is 8.79. The molecule has 1 atom stereocenters. The Bertz CT molecular complexity index is 1280. The number of halogens is 3. The molecule has 0 fully saturated rings. The number of carbonyl (C=O) groups is 1. The fourth-order valence-electron chi connectivity index (χ4n) is 4.06. The SMILES string of the molecule is CC(C)[C@@H](CO)n1cc(C(=O)O)c(=O)c2cc(Cc3cccc(Cl)c3F)c(OCCCCN)cc21.Cl. The van der Waals surface area contributed by atoms with Crippen molar-refractivity contribution in [1.82, 2.24) is 4.57 Å². The van der Waals surface area contributed by atoms with Gasteiger partial charge >= 0.3 is 5.97 Å². The van der Waals surface area contributed by atoms with Gasteiger partial charge in [-0.05, 0) is 48.6 Å². The summed E-state index contributed by atoms with van der Waals surface area (Å²) in [4.78, 5) is 25.0. The minimum Gasteiger partial charge on any atom is -0.493 e. The fraction of sp³-hybridized carbons (Fsp3) is 0.385. The Morgan fingerprint density at radius 2 is 1.94 bits per heavy atom. The van der Waals surface area contributed by atoms with Crippen molar-refractivity contribution in [2.45, 2.75) is 39.2 Å². The van der Waals surface area contributed by atoms with Crippen molar-refractivity contribution < 1.29 is 24.1 Å². The Morgan fingerprint density at radius 1 is 1.22 bits per heavy atom. The number of nitrogens with zero attached hydrogens (tertiary/aromatic N) is 1. The van der Waals surface area contributed by atoms with Crippen LogP contribution in [0.2, 0.25) is 5.02 Å². The van der Waals surface area contributed by atoms with Gasteiger partial charge in [-0.1, -0.05) is 37.6 Å². The Kier molecular flexibility index (Phi) is 10.7. The number of aliphatic hydroxyl groups excluding tert-OH is 1. The van der Waals surface area contributed by atoms with Gasteiger partial charge in [0.2, 0.25) is 5.43 Å². The van der Waals surface area contributed by atoms with Gasteiger partial charge in [0.25, 0.3) is 0 Å². The number of carboxylic acid groups (broad SMARTS) is 1. The first-order valence-corrected chi connectivity index (χ1v) is 11.9. The molecular weight excluding hydrogens is 510 g/mol. The number of rotatable bonds is 11. The third-order valence-electron chi connectivity index (χ3n) is 6.03. The lowest BCUT2D eigenvalue weighted by Crippen LogP contribution is -2.25. The van der Waals surface area contributed by atoms with Gasteiger partial charge in [0.1, 0.15) is 17.1 Å². The van der Waals surface area contributed by atoms with E-state index in [2.05, 4.69) is 0 Å². The third-order valence-corrected chi connectivity index (χ3v) is 6.32. The summed E-state index contributed by atoms with van der Waals surface area (Å²) in [5, 5.41) is 19.8. The molecule has 0 saturated heterocycles.